The van der Waals surface area contributed by atoms with Gasteiger partial charge >= 0.3 is 0 Å². The van der Waals surface area contributed by atoms with Gasteiger partial charge in [0.15, 0.2) is 11.6 Å². The van der Waals surface area contributed by atoms with Crippen LogP contribution in [-0.4, -0.2) is 15.0 Å². The number of hydrogen-bond donors (Lipinski definition) is 0. The van der Waals surface area contributed by atoms with Gasteiger partial charge in [0.05, 0.1) is 13.7 Å². The van der Waals surface area contributed by atoms with Gasteiger partial charge in [-0.3, -0.25) is 0 Å². The Morgan fingerprint density at radius 1 is 0.486 bits per heavy atom. The third-order valence-electron chi connectivity index (χ3n) is 5.40. The van der Waals surface area contributed by atoms with E-state index >= 15 is 0 Å². The van der Waals surface area contributed by atoms with E-state index in [4.69, 9.17) is 25.3 Å². The van der Waals surface area contributed by atoms with Crippen LogP contribution in [0.2, 0.25) is 5.28 Å². The molecule has 4 heteroatoms. The van der Waals surface area contributed by atoms with Crippen LogP contribution in [0.5, 0.6) is 0 Å². The van der Waals surface area contributed by atoms with Crippen LogP contribution in [0.25, 0.3) is 55.8 Å². The lowest BCUT2D eigenvalue weighted by molar-refractivity contribution is 1.07. The molecule has 5 aromatic carbocycles. The minimum Gasteiger partial charge on any atom is -0.208 e. The van der Waals surface area contributed by atoms with E-state index in [1.807, 2.05) is 6.07 Å². The van der Waals surface area contributed by atoms with Crippen molar-refractivity contribution in [2.24, 2.45) is 0 Å². The highest BCUT2D eigenvalue weighted by atomic mass is 35.5. The van der Waals surface area contributed by atoms with Crippen LogP contribution >= 0.6 is 11.6 Å². The van der Waals surface area contributed by atoms with Gasteiger partial charge < -0.3 is 0 Å². The van der Waals surface area contributed by atoms with Crippen LogP contribution in [-0.2, 0) is 0 Å². The van der Waals surface area contributed by atoms with E-state index in [1.165, 1.54) is 0 Å². The van der Waals surface area contributed by atoms with Crippen LogP contribution in [0.4, 0.5) is 0 Å². The summed E-state index contributed by atoms with van der Waals surface area (Å²) in [4.78, 5) is 13.2. The monoisotopic (exact) mass is 479 g/mol. The molecule has 0 N–H and O–H groups in total. The van der Waals surface area contributed by atoms with E-state index in [-0.39, 0.29) is 52.2 Å². The number of halogens is 1. The van der Waals surface area contributed by atoms with E-state index in [0.29, 0.717) is 22.3 Å². The van der Waals surface area contributed by atoms with Crippen LogP contribution < -0.4 is 0 Å². The van der Waals surface area contributed by atoms with Gasteiger partial charge in [0.2, 0.25) is 5.28 Å². The minimum atomic E-state index is -0.473. The highest BCUT2D eigenvalue weighted by Gasteiger charge is 2.11. The number of aromatic nitrogens is 3. The van der Waals surface area contributed by atoms with Gasteiger partial charge in [-0.05, 0) is 62.8 Å². The second kappa shape index (κ2) is 9.13. The van der Waals surface area contributed by atoms with Crippen molar-refractivity contribution in [3.05, 3.63) is 126 Å². The fourth-order valence-electron chi connectivity index (χ4n) is 3.75. The molecule has 6 rings (SSSR count). The Morgan fingerprint density at radius 3 is 1.60 bits per heavy atom. The van der Waals surface area contributed by atoms with Crippen LogP contribution in [0.1, 0.15) is 13.7 Å². The lowest BCUT2D eigenvalue weighted by Gasteiger charge is -2.09. The fourth-order valence-corrected chi connectivity index (χ4v) is 3.91. The zero-order valence-electron chi connectivity index (χ0n) is 28.0. The average molecular weight is 480 g/mol. The molecule has 0 amide bonds. The molecule has 166 valence electrons. The van der Waals surface area contributed by atoms with Crippen LogP contribution in [0.15, 0.2) is 121 Å². The van der Waals surface area contributed by atoms with Gasteiger partial charge in [0.25, 0.3) is 0 Å². The van der Waals surface area contributed by atoms with Gasteiger partial charge in [0, 0.05) is 11.1 Å². The molecular weight excluding hydrogens is 450 g/mol. The van der Waals surface area contributed by atoms with Crippen molar-refractivity contribution in [1.29, 1.82) is 0 Å². The molecule has 0 bridgehead atoms. The fraction of sp³-hybridized carbons (Fsp3) is 0. The molecule has 0 unspecified atom stereocenters. The van der Waals surface area contributed by atoms with E-state index in [0.717, 1.165) is 10.8 Å². The molecule has 0 aliphatic carbocycles. The van der Waals surface area contributed by atoms with Crippen molar-refractivity contribution >= 4 is 22.4 Å². The first kappa shape index (κ1) is 12.9. The molecule has 0 aliphatic heterocycles. The smallest absolute Gasteiger partial charge is 0.208 e. The molecule has 3 nitrogen and oxygen atoms in total. The quantitative estimate of drug-likeness (QED) is 0.255. The Kier molecular flexibility index (Phi) is 3.37. The van der Waals surface area contributed by atoms with Gasteiger partial charge in [0.1, 0.15) is 0 Å². The maximum Gasteiger partial charge on any atom is 0.226 e. The van der Waals surface area contributed by atoms with Crippen molar-refractivity contribution in [1.82, 2.24) is 15.0 Å². The van der Waals surface area contributed by atoms with Crippen molar-refractivity contribution in [3.63, 3.8) is 0 Å². The lowest BCUT2D eigenvalue weighted by atomic mass is 10.00. The normalized spacial score (nSPS) is 15.0. The minimum absolute atomic E-state index is 0.0562. The number of nitrogens with zero attached hydrogens (tertiary/aromatic N) is 3. The predicted molar refractivity (Wildman–Crippen MR) is 144 cm³/mol. The van der Waals surface area contributed by atoms with E-state index in [1.54, 1.807) is 54.6 Å². The Bertz CT molecular complexity index is 2150. The molecule has 6 aromatic rings. The highest BCUT2D eigenvalue weighted by molar-refractivity contribution is 6.28. The first-order valence-electron chi connectivity index (χ1n) is 15.6. The standard InChI is InChI=1S/C31H20ClN3/c32-31-34-29(27-13-7-12-23(19-27)21-8-3-1-4-9-21)33-30(35-31)28-17-16-25-18-24(14-15-26(25)20-28)22-10-5-2-6-11-22/h1-20H/i1D,2D,3D,4D,5D,6D,8D,9D,10D,11D. The van der Waals surface area contributed by atoms with E-state index in [2.05, 4.69) is 15.0 Å². The summed E-state index contributed by atoms with van der Waals surface area (Å²) in [6.07, 6.45) is 0. The average Bonchev–Trinajstić information content (AvgIpc) is 3.04. The Labute approximate surface area is 222 Å². The Morgan fingerprint density at radius 2 is 0.971 bits per heavy atom. The summed E-state index contributed by atoms with van der Waals surface area (Å²) in [6.45, 7) is 0. The number of hydrogen-bond acceptors (Lipinski definition) is 3. The van der Waals surface area contributed by atoms with Crippen molar-refractivity contribution < 1.29 is 13.7 Å². The molecular formula is C31H20ClN3. The molecule has 0 saturated carbocycles. The summed E-state index contributed by atoms with van der Waals surface area (Å²) in [5.74, 6) is 0.491. The zero-order chi connectivity index (χ0) is 32.3. The van der Waals surface area contributed by atoms with Gasteiger partial charge in [-0.25, -0.2) is 4.98 Å². The topological polar surface area (TPSA) is 38.7 Å². The van der Waals surface area contributed by atoms with Crippen molar-refractivity contribution in [2.75, 3.05) is 0 Å². The largest absolute Gasteiger partial charge is 0.226 e. The summed E-state index contributed by atoms with van der Waals surface area (Å²) in [7, 11) is 0. The summed E-state index contributed by atoms with van der Waals surface area (Å²) in [6, 6.07) is 13.5. The lowest BCUT2D eigenvalue weighted by Crippen LogP contribution is -1.97. The van der Waals surface area contributed by atoms with Gasteiger partial charge in [-0.15, -0.1) is 0 Å². The second-order valence-electron chi connectivity index (χ2n) is 7.61. The summed E-state index contributed by atoms with van der Waals surface area (Å²) < 4.78 is 81.0. The number of rotatable bonds is 4. The number of benzene rings is 5. The molecule has 0 aliphatic rings. The maximum absolute atomic E-state index is 8.33. The molecule has 1 heterocycles. The van der Waals surface area contributed by atoms with Gasteiger partial charge in [-0.2, -0.15) is 9.97 Å². The molecule has 0 spiro atoms. The SMILES string of the molecule is [2H]c1c([2H])c([2H])c(-c2cccc(-c3nc(Cl)nc(-c4ccc5cc(-c6c([2H])c([2H])c([2H])c([2H])c6[2H])ccc5c4)n3)c2)c([2H])c1[2H]. The highest BCUT2D eigenvalue weighted by Crippen LogP contribution is 2.29. The molecule has 0 fully saturated rings. The second-order valence-corrected chi connectivity index (χ2v) is 7.95. The summed E-state index contributed by atoms with van der Waals surface area (Å²) in [5, 5.41) is 1.47. The first-order valence-corrected chi connectivity index (χ1v) is 11.0. The van der Waals surface area contributed by atoms with E-state index < -0.39 is 36.3 Å². The number of fused-ring (bicyclic) bond motifs is 1. The molecule has 0 atom stereocenters. The Hall–Kier alpha value is -4.34. The zero-order valence-corrected chi connectivity index (χ0v) is 18.7. The third kappa shape index (κ3) is 4.42. The van der Waals surface area contributed by atoms with Crippen molar-refractivity contribution in [3.8, 4) is 45.0 Å². The van der Waals surface area contributed by atoms with Crippen molar-refractivity contribution in [2.45, 2.75) is 0 Å². The van der Waals surface area contributed by atoms with E-state index in [9.17, 15) is 0 Å². The molecule has 0 radical (unpaired) electrons. The molecule has 35 heavy (non-hydrogen) atoms. The Balaban J connectivity index is 1.40. The third-order valence-corrected chi connectivity index (χ3v) is 5.57. The maximum atomic E-state index is 8.33. The molecule has 1 aromatic heterocycles. The summed E-state index contributed by atoms with van der Waals surface area (Å²) >= 11 is 6.32. The van der Waals surface area contributed by atoms with Crippen LogP contribution in [0.3, 0.4) is 0 Å². The molecule has 0 saturated heterocycles. The van der Waals surface area contributed by atoms with Gasteiger partial charge in [-0.1, -0.05) is 103 Å². The predicted octanol–water partition coefficient (Wildman–Crippen LogP) is 8.35. The van der Waals surface area contributed by atoms with Crippen LogP contribution in [0, 0.1) is 0 Å². The first-order chi connectivity index (χ1) is 21.4. The summed E-state index contributed by atoms with van der Waals surface area (Å²) in [5.41, 5.74) is 2.16.